The van der Waals surface area contributed by atoms with E-state index in [-0.39, 0.29) is 18.9 Å². The molecule has 2 aromatic carbocycles. The van der Waals surface area contributed by atoms with Crippen LogP contribution in [-0.4, -0.2) is 21.6 Å². The SMILES string of the molecule is O=S(=O)(Cc1cccc(F)c1)NCC#CCOc1cccc(Br)c1. The van der Waals surface area contributed by atoms with Crippen LogP contribution in [0.15, 0.2) is 53.0 Å². The number of sulfonamides is 1. The van der Waals surface area contributed by atoms with Gasteiger partial charge in [0.15, 0.2) is 0 Å². The molecule has 0 saturated heterocycles. The highest BCUT2D eigenvalue weighted by molar-refractivity contribution is 9.10. The smallest absolute Gasteiger partial charge is 0.216 e. The third-order valence-corrected chi connectivity index (χ3v) is 4.65. The van der Waals surface area contributed by atoms with Gasteiger partial charge in [0.1, 0.15) is 18.2 Å². The van der Waals surface area contributed by atoms with Crippen molar-refractivity contribution < 1.29 is 17.5 Å². The first-order valence-corrected chi connectivity index (χ1v) is 9.45. The van der Waals surface area contributed by atoms with Crippen molar-refractivity contribution in [2.24, 2.45) is 0 Å². The van der Waals surface area contributed by atoms with E-state index in [2.05, 4.69) is 32.5 Å². The Kier molecular flexibility index (Phi) is 6.79. The van der Waals surface area contributed by atoms with Gasteiger partial charge in [0.05, 0.1) is 12.3 Å². The summed E-state index contributed by atoms with van der Waals surface area (Å²) in [6, 6.07) is 12.8. The highest BCUT2D eigenvalue weighted by Gasteiger charge is 2.10. The molecule has 4 nitrogen and oxygen atoms in total. The van der Waals surface area contributed by atoms with E-state index in [0.29, 0.717) is 11.3 Å². The van der Waals surface area contributed by atoms with E-state index in [1.54, 1.807) is 12.1 Å². The van der Waals surface area contributed by atoms with E-state index >= 15 is 0 Å². The molecule has 0 saturated carbocycles. The van der Waals surface area contributed by atoms with Crippen LogP contribution >= 0.6 is 15.9 Å². The van der Waals surface area contributed by atoms with Crippen molar-refractivity contribution in [3.8, 4) is 17.6 Å². The van der Waals surface area contributed by atoms with Crippen LogP contribution in [0.3, 0.4) is 0 Å². The van der Waals surface area contributed by atoms with Crippen molar-refractivity contribution in [2.75, 3.05) is 13.2 Å². The third-order valence-electron chi connectivity index (χ3n) is 2.86. The highest BCUT2D eigenvalue weighted by Crippen LogP contribution is 2.17. The van der Waals surface area contributed by atoms with Gasteiger partial charge in [-0.05, 0) is 35.9 Å². The monoisotopic (exact) mass is 411 g/mol. The summed E-state index contributed by atoms with van der Waals surface area (Å²) in [6.45, 7) is 0.127. The number of benzene rings is 2. The molecule has 0 unspecified atom stereocenters. The molecule has 0 bridgehead atoms. The summed E-state index contributed by atoms with van der Waals surface area (Å²) in [5, 5.41) is 0. The topological polar surface area (TPSA) is 55.4 Å². The number of halogens is 2. The van der Waals surface area contributed by atoms with Gasteiger partial charge in [-0.1, -0.05) is 46.0 Å². The van der Waals surface area contributed by atoms with Crippen LogP contribution < -0.4 is 9.46 Å². The van der Waals surface area contributed by atoms with Gasteiger partial charge >= 0.3 is 0 Å². The number of hydrogen-bond donors (Lipinski definition) is 1. The lowest BCUT2D eigenvalue weighted by atomic mass is 10.2. The molecule has 126 valence electrons. The molecule has 0 aliphatic carbocycles. The van der Waals surface area contributed by atoms with Crippen molar-refractivity contribution in [1.29, 1.82) is 0 Å². The Morgan fingerprint density at radius 1 is 1.12 bits per heavy atom. The first-order chi connectivity index (χ1) is 11.4. The predicted octanol–water partition coefficient (Wildman–Crippen LogP) is 3.09. The lowest BCUT2D eigenvalue weighted by Gasteiger charge is -2.04. The van der Waals surface area contributed by atoms with Crippen molar-refractivity contribution in [3.63, 3.8) is 0 Å². The molecule has 1 N–H and O–H groups in total. The average Bonchev–Trinajstić information content (AvgIpc) is 2.50. The second-order valence-corrected chi connectivity index (χ2v) is 7.53. The highest BCUT2D eigenvalue weighted by atomic mass is 79.9. The van der Waals surface area contributed by atoms with E-state index in [9.17, 15) is 12.8 Å². The quantitative estimate of drug-likeness (QED) is 0.743. The lowest BCUT2D eigenvalue weighted by Crippen LogP contribution is -2.25. The number of ether oxygens (including phenoxy) is 1. The Hall–Kier alpha value is -1.88. The number of rotatable bonds is 6. The second kappa shape index (κ2) is 8.83. The van der Waals surface area contributed by atoms with Gasteiger partial charge in [-0.15, -0.1) is 0 Å². The molecule has 0 amide bonds. The van der Waals surface area contributed by atoms with Gasteiger partial charge in [-0.3, -0.25) is 0 Å². The average molecular weight is 412 g/mol. The minimum absolute atomic E-state index is 0.0283. The van der Waals surface area contributed by atoms with Gasteiger partial charge in [0.2, 0.25) is 10.0 Å². The van der Waals surface area contributed by atoms with Crippen LogP contribution in [0, 0.1) is 17.7 Å². The van der Waals surface area contributed by atoms with Crippen molar-refractivity contribution >= 4 is 26.0 Å². The maximum Gasteiger partial charge on any atom is 0.216 e. The number of nitrogens with one attached hydrogen (secondary N) is 1. The zero-order valence-electron chi connectivity index (χ0n) is 12.6. The molecule has 0 radical (unpaired) electrons. The van der Waals surface area contributed by atoms with Crippen LogP contribution in [0.5, 0.6) is 5.75 Å². The molecule has 0 atom stereocenters. The van der Waals surface area contributed by atoms with Gasteiger partial charge in [-0.2, -0.15) is 0 Å². The van der Waals surface area contributed by atoms with Crippen molar-refractivity contribution in [3.05, 3.63) is 64.4 Å². The standard InChI is InChI=1S/C17H15BrFNO3S/c18-15-6-4-8-17(12-15)23-10-2-1-9-20-24(21,22)13-14-5-3-7-16(19)11-14/h3-8,11-12,20H,9-10,13H2. The maximum absolute atomic E-state index is 13.0. The third kappa shape index (κ3) is 6.71. The van der Waals surface area contributed by atoms with Crippen LogP contribution in [0.25, 0.3) is 0 Å². The molecule has 0 aromatic heterocycles. The molecule has 7 heteroatoms. The van der Waals surface area contributed by atoms with Crippen LogP contribution in [-0.2, 0) is 15.8 Å². The molecular weight excluding hydrogens is 397 g/mol. The lowest BCUT2D eigenvalue weighted by molar-refractivity contribution is 0.370. The summed E-state index contributed by atoms with van der Waals surface area (Å²) in [7, 11) is -3.56. The summed E-state index contributed by atoms with van der Waals surface area (Å²) < 4.78 is 45.4. The zero-order valence-corrected chi connectivity index (χ0v) is 15.0. The molecule has 2 rings (SSSR count). The predicted molar refractivity (Wildman–Crippen MR) is 94.4 cm³/mol. The normalized spacial score (nSPS) is 10.8. The summed E-state index contributed by atoms with van der Waals surface area (Å²) >= 11 is 3.33. The molecule has 0 aliphatic rings. The van der Waals surface area contributed by atoms with Crippen LogP contribution in [0.4, 0.5) is 4.39 Å². The van der Waals surface area contributed by atoms with Crippen LogP contribution in [0.2, 0.25) is 0 Å². The zero-order chi connectivity index (χ0) is 17.4. The summed E-state index contributed by atoms with van der Waals surface area (Å²) in [5.74, 6) is 5.31. The van der Waals surface area contributed by atoms with Gasteiger partial charge in [-0.25, -0.2) is 17.5 Å². The van der Waals surface area contributed by atoms with E-state index in [0.717, 1.165) is 4.47 Å². The molecule has 0 heterocycles. The van der Waals surface area contributed by atoms with Crippen LogP contribution in [0.1, 0.15) is 5.56 Å². The fourth-order valence-electron chi connectivity index (χ4n) is 1.83. The van der Waals surface area contributed by atoms with E-state index < -0.39 is 15.8 Å². The Morgan fingerprint density at radius 3 is 2.67 bits per heavy atom. The maximum atomic E-state index is 13.0. The van der Waals surface area contributed by atoms with Gasteiger partial charge in [0.25, 0.3) is 0 Å². The molecule has 24 heavy (non-hydrogen) atoms. The molecule has 2 aromatic rings. The minimum atomic E-state index is -3.56. The largest absolute Gasteiger partial charge is 0.481 e. The summed E-state index contributed by atoms with van der Waals surface area (Å²) in [6.07, 6.45) is 0. The summed E-state index contributed by atoms with van der Waals surface area (Å²) in [5.41, 5.74) is 0.383. The summed E-state index contributed by atoms with van der Waals surface area (Å²) in [4.78, 5) is 0. The minimum Gasteiger partial charge on any atom is -0.481 e. The Bertz CT molecular complexity index is 859. The molecular formula is C17H15BrFNO3S. The first kappa shape index (κ1) is 18.5. The van der Waals surface area contributed by atoms with Gasteiger partial charge in [0, 0.05) is 4.47 Å². The Morgan fingerprint density at radius 2 is 1.92 bits per heavy atom. The fourth-order valence-corrected chi connectivity index (χ4v) is 3.22. The second-order valence-electron chi connectivity index (χ2n) is 4.81. The fraction of sp³-hybridized carbons (Fsp3) is 0.176. The Labute approximate surface area is 149 Å². The van der Waals surface area contributed by atoms with E-state index in [1.165, 1.54) is 18.2 Å². The van der Waals surface area contributed by atoms with Gasteiger partial charge < -0.3 is 4.74 Å². The molecule has 0 fully saturated rings. The first-order valence-electron chi connectivity index (χ1n) is 7.00. The number of hydrogen-bond acceptors (Lipinski definition) is 3. The van der Waals surface area contributed by atoms with Crippen molar-refractivity contribution in [2.45, 2.75) is 5.75 Å². The molecule has 0 spiro atoms. The Balaban J connectivity index is 1.77. The van der Waals surface area contributed by atoms with E-state index in [4.69, 9.17) is 4.74 Å². The van der Waals surface area contributed by atoms with E-state index in [1.807, 2.05) is 18.2 Å². The van der Waals surface area contributed by atoms with Crippen molar-refractivity contribution in [1.82, 2.24) is 4.72 Å². The molecule has 0 aliphatic heterocycles.